The molecule has 2 N–H and O–H groups in total. The van der Waals surface area contributed by atoms with Gasteiger partial charge in [-0.15, -0.1) is 0 Å². The SMILES string of the molecule is CC[C@@H](c1ccccc1)[C@H](O)CO. The monoisotopic (exact) mass is 180 g/mol. The van der Waals surface area contributed by atoms with Crippen LogP contribution >= 0.6 is 0 Å². The zero-order valence-electron chi connectivity index (χ0n) is 7.85. The van der Waals surface area contributed by atoms with E-state index in [1.807, 2.05) is 37.3 Å². The third kappa shape index (κ3) is 2.54. The summed E-state index contributed by atoms with van der Waals surface area (Å²) >= 11 is 0. The Kier molecular flexibility index (Phi) is 3.93. The molecule has 0 aliphatic rings. The molecule has 0 radical (unpaired) electrons. The van der Waals surface area contributed by atoms with Crippen molar-refractivity contribution in [1.29, 1.82) is 0 Å². The lowest BCUT2D eigenvalue weighted by Crippen LogP contribution is -2.21. The highest BCUT2D eigenvalue weighted by Gasteiger charge is 2.17. The van der Waals surface area contributed by atoms with E-state index in [1.165, 1.54) is 0 Å². The normalized spacial score (nSPS) is 15.3. The number of aliphatic hydroxyl groups excluding tert-OH is 2. The van der Waals surface area contributed by atoms with E-state index in [9.17, 15) is 5.11 Å². The van der Waals surface area contributed by atoms with Crippen LogP contribution in [-0.2, 0) is 0 Å². The molecule has 0 heterocycles. The van der Waals surface area contributed by atoms with Gasteiger partial charge in [-0.1, -0.05) is 37.3 Å². The number of rotatable bonds is 4. The van der Waals surface area contributed by atoms with Crippen LogP contribution in [0.1, 0.15) is 24.8 Å². The van der Waals surface area contributed by atoms with Crippen molar-refractivity contribution in [3.05, 3.63) is 35.9 Å². The highest BCUT2D eigenvalue weighted by molar-refractivity contribution is 5.20. The Balaban J connectivity index is 2.78. The number of aliphatic hydroxyl groups is 2. The zero-order chi connectivity index (χ0) is 9.68. The first kappa shape index (κ1) is 10.2. The first-order valence-electron chi connectivity index (χ1n) is 4.63. The van der Waals surface area contributed by atoms with E-state index in [0.717, 1.165) is 12.0 Å². The summed E-state index contributed by atoms with van der Waals surface area (Å²) < 4.78 is 0. The molecule has 0 unspecified atom stereocenters. The van der Waals surface area contributed by atoms with E-state index in [4.69, 9.17) is 5.11 Å². The van der Waals surface area contributed by atoms with Crippen LogP contribution in [0.4, 0.5) is 0 Å². The van der Waals surface area contributed by atoms with Gasteiger partial charge < -0.3 is 10.2 Å². The predicted molar refractivity (Wildman–Crippen MR) is 52.6 cm³/mol. The maximum atomic E-state index is 9.52. The molecule has 0 bridgehead atoms. The molecule has 13 heavy (non-hydrogen) atoms. The Hall–Kier alpha value is -0.860. The third-order valence-corrected chi connectivity index (χ3v) is 2.32. The summed E-state index contributed by atoms with van der Waals surface area (Å²) in [5, 5.41) is 18.4. The molecule has 2 heteroatoms. The molecular weight excluding hydrogens is 164 g/mol. The van der Waals surface area contributed by atoms with Gasteiger partial charge in [0.25, 0.3) is 0 Å². The average Bonchev–Trinajstić information content (AvgIpc) is 2.20. The van der Waals surface area contributed by atoms with Gasteiger partial charge in [0.2, 0.25) is 0 Å². The fourth-order valence-electron chi connectivity index (χ4n) is 1.56. The molecule has 1 rings (SSSR count). The molecule has 0 saturated heterocycles. The Bertz CT molecular complexity index is 233. The molecular formula is C11H16O2. The molecule has 0 saturated carbocycles. The van der Waals surface area contributed by atoms with Crippen molar-refractivity contribution >= 4 is 0 Å². The largest absolute Gasteiger partial charge is 0.394 e. The van der Waals surface area contributed by atoms with Crippen molar-refractivity contribution in [2.24, 2.45) is 0 Å². The smallest absolute Gasteiger partial charge is 0.0839 e. The molecule has 0 fully saturated rings. The highest BCUT2D eigenvalue weighted by Crippen LogP contribution is 2.22. The molecule has 0 aliphatic heterocycles. The van der Waals surface area contributed by atoms with Gasteiger partial charge in [0, 0.05) is 5.92 Å². The van der Waals surface area contributed by atoms with Crippen LogP contribution in [0.15, 0.2) is 30.3 Å². The van der Waals surface area contributed by atoms with E-state index >= 15 is 0 Å². The fourth-order valence-corrected chi connectivity index (χ4v) is 1.56. The van der Waals surface area contributed by atoms with Gasteiger partial charge in [-0.3, -0.25) is 0 Å². The van der Waals surface area contributed by atoms with Crippen molar-refractivity contribution < 1.29 is 10.2 Å². The zero-order valence-corrected chi connectivity index (χ0v) is 7.85. The van der Waals surface area contributed by atoms with Crippen LogP contribution in [0.2, 0.25) is 0 Å². The lowest BCUT2D eigenvalue weighted by molar-refractivity contribution is 0.0713. The van der Waals surface area contributed by atoms with Crippen molar-refractivity contribution in [3.63, 3.8) is 0 Å². The molecule has 2 nitrogen and oxygen atoms in total. The van der Waals surface area contributed by atoms with E-state index in [0.29, 0.717) is 0 Å². The van der Waals surface area contributed by atoms with E-state index in [1.54, 1.807) is 0 Å². The molecule has 1 aromatic carbocycles. The lowest BCUT2D eigenvalue weighted by Gasteiger charge is -2.19. The lowest BCUT2D eigenvalue weighted by atomic mass is 9.91. The van der Waals surface area contributed by atoms with Crippen LogP contribution in [0, 0.1) is 0 Å². The van der Waals surface area contributed by atoms with Crippen molar-refractivity contribution in [3.8, 4) is 0 Å². The summed E-state index contributed by atoms with van der Waals surface area (Å²) in [6.07, 6.45) is 0.193. The second kappa shape index (κ2) is 5.00. The number of hydrogen-bond acceptors (Lipinski definition) is 2. The van der Waals surface area contributed by atoms with Crippen molar-refractivity contribution in [1.82, 2.24) is 0 Å². The van der Waals surface area contributed by atoms with E-state index in [2.05, 4.69) is 0 Å². The van der Waals surface area contributed by atoms with Gasteiger partial charge in [0.05, 0.1) is 12.7 Å². The van der Waals surface area contributed by atoms with Gasteiger partial charge in [-0.25, -0.2) is 0 Å². The molecule has 0 spiro atoms. The van der Waals surface area contributed by atoms with E-state index in [-0.39, 0.29) is 12.5 Å². The third-order valence-electron chi connectivity index (χ3n) is 2.32. The minimum Gasteiger partial charge on any atom is -0.394 e. The van der Waals surface area contributed by atoms with Crippen LogP contribution in [0.25, 0.3) is 0 Å². The molecule has 0 aromatic heterocycles. The Morgan fingerprint density at radius 3 is 2.31 bits per heavy atom. The van der Waals surface area contributed by atoms with Gasteiger partial charge >= 0.3 is 0 Å². The van der Waals surface area contributed by atoms with Crippen LogP contribution in [0.3, 0.4) is 0 Å². The second-order valence-electron chi connectivity index (χ2n) is 3.18. The van der Waals surface area contributed by atoms with Crippen LogP contribution in [-0.4, -0.2) is 22.9 Å². The van der Waals surface area contributed by atoms with Gasteiger partial charge in [0.15, 0.2) is 0 Å². The molecule has 0 amide bonds. The molecule has 2 atom stereocenters. The van der Waals surface area contributed by atoms with Crippen molar-refractivity contribution in [2.75, 3.05) is 6.61 Å². The first-order valence-corrected chi connectivity index (χ1v) is 4.63. The Morgan fingerprint density at radius 1 is 1.23 bits per heavy atom. The predicted octanol–water partition coefficient (Wildman–Crippen LogP) is 1.53. The molecule has 0 aliphatic carbocycles. The first-order chi connectivity index (χ1) is 6.29. The summed E-state index contributed by atoms with van der Waals surface area (Å²) in [5.74, 6) is 0.0474. The quantitative estimate of drug-likeness (QED) is 0.737. The van der Waals surface area contributed by atoms with E-state index < -0.39 is 6.10 Å². The standard InChI is InChI=1S/C11H16O2/c1-2-10(11(13)8-12)9-6-4-3-5-7-9/h3-7,10-13H,2,8H2,1H3/t10-,11+/m0/s1. The number of benzene rings is 1. The van der Waals surface area contributed by atoms with Crippen LogP contribution < -0.4 is 0 Å². The molecule has 1 aromatic rings. The van der Waals surface area contributed by atoms with Gasteiger partial charge in [-0.2, -0.15) is 0 Å². The summed E-state index contributed by atoms with van der Waals surface area (Å²) in [7, 11) is 0. The summed E-state index contributed by atoms with van der Waals surface area (Å²) in [6, 6.07) is 9.80. The molecule has 72 valence electrons. The van der Waals surface area contributed by atoms with Crippen molar-refractivity contribution in [2.45, 2.75) is 25.4 Å². The number of hydrogen-bond donors (Lipinski definition) is 2. The Morgan fingerprint density at radius 2 is 1.85 bits per heavy atom. The maximum Gasteiger partial charge on any atom is 0.0839 e. The summed E-state index contributed by atoms with van der Waals surface area (Å²) in [5.41, 5.74) is 1.09. The second-order valence-corrected chi connectivity index (χ2v) is 3.18. The topological polar surface area (TPSA) is 40.5 Å². The van der Waals surface area contributed by atoms with Gasteiger partial charge in [0.1, 0.15) is 0 Å². The van der Waals surface area contributed by atoms with Gasteiger partial charge in [-0.05, 0) is 12.0 Å². The maximum absolute atomic E-state index is 9.52. The minimum absolute atomic E-state index is 0.0474. The average molecular weight is 180 g/mol. The van der Waals surface area contributed by atoms with Crippen LogP contribution in [0.5, 0.6) is 0 Å². The highest BCUT2D eigenvalue weighted by atomic mass is 16.3. The minimum atomic E-state index is -0.646. The summed E-state index contributed by atoms with van der Waals surface area (Å²) in [4.78, 5) is 0. The fraction of sp³-hybridized carbons (Fsp3) is 0.455. The summed E-state index contributed by atoms with van der Waals surface area (Å²) in [6.45, 7) is 1.84. The Labute approximate surface area is 78.8 Å².